The third-order valence-corrected chi connectivity index (χ3v) is 3.07. The molecule has 0 aliphatic rings. The number of H-pyrrole nitrogens is 1. The fraction of sp³-hybridized carbons (Fsp3) is 0. The van der Waals surface area contributed by atoms with Crippen LogP contribution in [-0.2, 0) is 0 Å². The van der Waals surface area contributed by atoms with Gasteiger partial charge in [-0.2, -0.15) is 0 Å². The van der Waals surface area contributed by atoms with E-state index in [4.69, 9.17) is 4.63 Å². The van der Waals surface area contributed by atoms with Crippen molar-refractivity contribution in [1.82, 2.24) is 15.3 Å². The monoisotopic (exact) mass is 234 g/mol. The van der Waals surface area contributed by atoms with E-state index in [1.807, 2.05) is 36.4 Å². The molecule has 0 aliphatic heterocycles. The molecule has 1 radical (unpaired) electrons. The molecule has 18 heavy (non-hydrogen) atoms. The highest BCUT2D eigenvalue weighted by Crippen LogP contribution is 2.31. The molecule has 4 heteroatoms. The Labute approximate surface area is 102 Å². The van der Waals surface area contributed by atoms with Crippen LogP contribution in [0.15, 0.2) is 47.1 Å². The summed E-state index contributed by atoms with van der Waals surface area (Å²) in [4.78, 5) is 3.14. The lowest BCUT2D eigenvalue weighted by Crippen LogP contribution is -1.79. The van der Waals surface area contributed by atoms with Crippen molar-refractivity contribution in [3.05, 3.63) is 48.7 Å². The minimum absolute atomic E-state index is 0.756. The van der Waals surface area contributed by atoms with Crippen molar-refractivity contribution in [2.75, 3.05) is 0 Å². The molecule has 2 aromatic heterocycles. The van der Waals surface area contributed by atoms with Gasteiger partial charge in [-0.3, -0.25) is 0 Å². The molecule has 0 saturated carbocycles. The number of fused-ring (bicyclic) bond motifs is 2. The zero-order valence-corrected chi connectivity index (χ0v) is 9.34. The smallest absolute Gasteiger partial charge is 0.143 e. The Kier molecular flexibility index (Phi) is 1.80. The molecule has 4 nitrogen and oxygen atoms in total. The third-order valence-electron chi connectivity index (χ3n) is 3.07. The Bertz CT molecular complexity index is 844. The van der Waals surface area contributed by atoms with Crippen LogP contribution in [0, 0.1) is 6.20 Å². The van der Waals surface area contributed by atoms with E-state index in [-0.39, 0.29) is 0 Å². The molecular formula is C14H8N3O. The van der Waals surface area contributed by atoms with Gasteiger partial charge in [0.15, 0.2) is 0 Å². The summed E-state index contributed by atoms with van der Waals surface area (Å²) in [6.07, 6.45) is 3.18. The lowest BCUT2D eigenvalue weighted by Gasteiger charge is -1.98. The number of aromatic amines is 1. The van der Waals surface area contributed by atoms with Crippen molar-refractivity contribution in [2.24, 2.45) is 0 Å². The number of para-hydroxylation sites is 1. The Balaban J connectivity index is 2.10. The summed E-state index contributed by atoms with van der Waals surface area (Å²) in [7, 11) is 0. The van der Waals surface area contributed by atoms with E-state index >= 15 is 0 Å². The predicted molar refractivity (Wildman–Crippen MR) is 67.9 cm³/mol. The second-order valence-electron chi connectivity index (χ2n) is 4.11. The topological polar surface area (TPSA) is 54.7 Å². The first-order valence-corrected chi connectivity index (χ1v) is 5.63. The van der Waals surface area contributed by atoms with Gasteiger partial charge in [0.05, 0.1) is 6.20 Å². The first-order chi connectivity index (χ1) is 8.93. The van der Waals surface area contributed by atoms with Gasteiger partial charge in [0, 0.05) is 22.0 Å². The van der Waals surface area contributed by atoms with E-state index in [1.54, 1.807) is 0 Å². The number of hydrogen-bond acceptors (Lipinski definition) is 3. The zero-order chi connectivity index (χ0) is 11.9. The van der Waals surface area contributed by atoms with Gasteiger partial charge in [-0.05, 0) is 22.4 Å². The largest absolute Gasteiger partial charge is 0.353 e. The lowest BCUT2D eigenvalue weighted by molar-refractivity contribution is 0.315. The fourth-order valence-corrected chi connectivity index (χ4v) is 2.23. The summed E-state index contributed by atoms with van der Waals surface area (Å²) in [5, 5.41) is 8.94. The lowest BCUT2D eigenvalue weighted by atomic mass is 10.0. The molecule has 4 aromatic rings. The fourth-order valence-electron chi connectivity index (χ4n) is 2.23. The minimum atomic E-state index is 0.756. The van der Waals surface area contributed by atoms with Gasteiger partial charge in [-0.1, -0.05) is 30.3 Å². The van der Waals surface area contributed by atoms with Crippen molar-refractivity contribution < 1.29 is 4.63 Å². The second kappa shape index (κ2) is 3.43. The summed E-state index contributed by atoms with van der Waals surface area (Å²) >= 11 is 0. The van der Waals surface area contributed by atoms with Crippen LogP contribution in [-0.4, -0.2) is 15.3 Å². The highest BCUT2D eigenvalue weighted by atomic mass is 16.6. The van der Waals surface area contributed by atoms with Gasteiger partial charge < -0.3 is 4.98 Å². The van der Waals surface area contributed by atoms with Crippen LogP contribution in [0.25, 0.3) is 33.1 Å². The third kappa shape index (κ3) is 1.20. The van der Waals surface area contributed by atoms with E-state index < -0.39 is 0 Å². The molecule has 0 fully saturated rings. The minimum Gasteiger partial charge on any atom is -0.353 e. The maximum atomic E-state index is 4.79. The molecule has 0 amide bonds. The summed E-state index contributed by atoms with van der Waals surface area (Å²) in [6, 6.07) is 13.9. The van der Waals surface area contributed by atoms with Gasteiger partial charge in [-0.15, -0.1) is 0 Å². The molecule has 2 aromatic carbocycles. The zero-order valence-electron chi connectivity index (χ0n) is 9.34. The standard InChI is InChI=1S/C14H8N3O/c1-2-6-12-9(4-1)11(8-15-12)10-5-3-7-13-14(10)17-18-16-13/h1-7,15H. The highest BCUT2D eigenvalue weighted by Gasteiger charge is 2.12. The first kappa shape index (κ1) is 9.41. The predicted octanol–water partition coefficient (Wildman–Crippen LogP) is 3.17. The number of nitrogens with one attached hydrogen (secondary N) is 1. The molecule has 4 rings (SSSR count). The average molecular weight is 234 g/mol. The van der Waals surface area contributed by atoms with Gasteiger partial charge in [0.1, 0.15) is 11.0 Å². The van der Waals surface area contributed by atoms with Crippen LogP contribution in [0.2, 0.25) is 0 Å². The van der Waals surface area contributed by atoms with Gasteiger partial charge in [0.25, 0.3) is 0 Å². The Morgan fingerprint density at radius 3 is 2.94 bits per heavy atom. The summed E-state index contributed by atoms with van der Waals surface area (Å²) in [5.74, 6) is 0. The molecule has 0 spiro atoms. The Morgan fingerprint density at radius 2 is 1.94 bits per heavy atom. The summed E-state index contributed by atoms with van der Waals surface area (Å²) in [6.45, 7) is 0. The van der Waals surface area contributed by atoms with Gasteiger partial charge >= 0.3 is 0 Å². The molecule has 1 N–H and O–H groups in total. The molecule has 0 unspecified atom stereocenters. The van der Waals surface area contributed by atoms with E-state index in [9.17, 15) is 0 Å². The number of rotatable bonds is 1. The van der Waals surface area contributed by atoms with Crippen molar-refractivity contribution in [3.63, 3.8) is 0 Å². The number of benzene rings is 2. The van der Waals surface area contributed by atoms with E-state index in [1.165, 1.54) is 0 Å². The maximum Gasteiger partial charge on any atom is 0.143 e. The highest BCUT2D eigenvalue weighted by molar-refractivity contribution is 6.02. The molecule has 85 valence electrons. The molecule has 0 saturated heterocycles. The summed E-state index contributed by atoms with van der Waals surface area (Å²) < 4.78 is 4.79. The SMILES string of the molecule is [c]1[nH]c2ccccc2c1-c1cccc2nonc12. The van der Waals surface area contributed by atoms with Crippen molar-refractivity contribution >= 4 is 21.9 Å². The van der Waals surface area contributed by atoms with Gasteiger partial charge in [-0.25, -0.2) is 4.63 Å². The molecule has 0 aliphatic carbocycles. The van der Waals surface area contributed by atoms with Crippen LogP contribution in [0.3, 0.4) is 0 Å². The van der Waals surface area contributed by atoms with Crippen LogP contribution < -0.4 is 0 Å². The Hall–Kier alpha value is -2.62. The second-order valence-corrected chi connectivity index (χ2v) is 4.11. The molecular weight excluding hydrogens is 226 g/mol. The number of nitrogens with zero attached hydrogens (tertiary/aromatic N) is 2. The summed E-state index contributed by atoms with van der Waals surface area (Å²) in [5.41, 5.74) is 4.55. The van der Waals surface area contributed by atoms with E-state index in [0.29, 0.717) is 0 Å². The maximum absolute atomic E-state index is 4.79. The van der Waals surface area contributed by atoms with Crippen LogP contribution in [0.4, 0.5) is 0 Å². The van der Waals surface area contributed by atoms with E-state index in [2.05, 4.69) is 27.6 Å². The normalized spacial score (nSPS) is 11.3. The average Bonchev–Trinajstić information content (AvgIpc) is 3.05. The van der Waals surface area contributed by atoms with Crippen LogP contribution in [0.1, 0.15) is 0 Å². The molecule has 0 bridgehead atoms. The Morgan fingerprint density at radius 1 is 1.00 bits per heavy atom. The quantitative estimate of drug-likeness (QED) is 0.550. The van der Waals surface area contributed by atoms with Crippen molar-refractivity contribution in [1.29, 1.82) is 0 Å². The van der Waals surface area contributed by atoms with Crippen molar-refractivity contribution in [3.8, 4) is 11.1 Å². The number of aromatic nitrogens is 3. The van der Waals surface area contributed by atoms with Crippen LogP contribution >= 0.6 is 0 Å². The van der Waals surface area contributed by atoms with Crippen molar-refractivity contribution in [2.45, 2.75) is 0 Å². The first-order valence-electron chi connectivity index (χ1n) is 5.63. The van der Waals surface area contributed by atoms with Gasteiger partial charge in [0.2, 0.25) is 0 Å². The van der Waals surface area contributed by atoms with Crippen LogP contribution in [0.5, 0.6) is 0 Å². The molecule has 0 atom stereocenters. The number of hydrogen-bond donors (Lipinski definition) is 1. The molecule has 2 heterocycles. The van der Waals surface area contributed by atoms with E-state index in [0.717, 1.165) is 33.1 Å².